The first kappa shape index (κ1) is 15.1. The summed E-state index contributed by atoms with van der Waals surface area (Å²) in [6.45, 7) is 3.73. The van der Waals surface area contributed by atoms with Crippen molar-refractivity contribution in [3.63, 3.8) is 0 Å². The molecule has 1 aromatic rings. The molecule has 1 aliphatic rings. The first-order chi connectivity index (χ1) is 9.60. The molecular weight excluding hydrogens is 280 g/mol. The van der Waals surface area contributed by atoms with Gasteiger partial charge in [-0.3, -0.25) is 4.79 Å². The smallest absolute Gasteiger partial charge is 0.263 e. The van der Waals surface area contributed by atoms with Crippen molar-refractivity contribution in [1.29, 1.82) is 0 Å². The second kappa shape index (κ2) is 6.92. The summed E-state index contributed by atoms with van der Waals surface area (Å²) in [7, 11) is 0. The number of nitrogens with two attached hydrogens (primary N) is 1. The van der Waals surface area contributed by atoms with Gasteiger partial charge in [-0.2, -0.15) is 0 Å². The maximum atomic E-state index is 12.3. The minimum atomic E-state index is -0.565. The van der Waals surface area contributed by atoms with Crippen LogP contribution in [0.3, 0.4) is 0 Å². The number of carbonyl (C=O) groups is 1. The summed E-state index contributed by atoms with van der Waals surface area (Å²) in [5.74, 6) is 0.522. The van der Waals surface area contributed by atoms with Crippen molar-refractivity contribution >= 4 is 17.5 Å². The second-order valence-corrected chi connectivity index (χ2v) is 5.17. The third kappa shape index (κ3) is 3.85. The van der Waals surface area contributed by atoms with E-state index in [1.54, 1.807) is 36.1 Å². The summed E-state index contributed by atoms with van der Waals surface area (Å²) in [6.07, 6.45) is -0.656. The number of benzene rings is 1. The van der Waals surface area contributed by atoms with Crippen molar-refractivity contribution in [2.75, 3.05) is 26.2 Å². The fourth-order valence-corrected chi connectivity index (χ4v) is 2.29. The fraction of sp³-hybridized carbons (Fsp3) is 0.500. The lowest BCUT2D eigenvalue weighted by Crippen LogP contribution is -2.51. The molecule has 20 heavy (non-hydrogen) atoms. The Hall–Kier alpha value is -1.30. The molecule has 2 N–H and O–H groups in total. The quantitative estimate of drug-likeness (QED) is 0.910. The molecule has 1 heterocycles. The monoisotopic (exact) mass is 298 g/mol. The van der Waals surface area contributed by atoms with Gasteiger partial charge in [0.15, 0.2) is 6.10 Å². The summed E-state index contributed by atoms with van der Waals surface area (Å²) in [4.78, 5) is 14.1. The molecule has 2 atom stereocenters. The number of halogens is 1. The summed E-state index contributed by atoms with van der Waals surface area (Å²) in [6, 6.07) is 7.01. The fourth-order valence-electron chi connectivity index (χ4n) is 2.11. The Morgan fingerprint density at radius 1 is 1.65 bits per heavy atom. The number of amides is 1. The van der Waals surface area contributed by atoms with Crippen LogP contribution in [-0.2, 0) is 9.53 Å². The Morgan fingerprint density at radius 2 is 2.45 bits per heavy atom. The Labute approximate surface area is 123 Å². The van der Waals surface area contributed by atoms with E-state index in [2.05, 4.69) is 0 Å². The van der Waals surface area contributed by atoms with Crippen molar-refractivity contribution in [2.24, 2.45) is 5.73 Å². The van der Waals surface area contributed by atoms with Crippen LogP contribution >= 0.6 is 11.6 Å². The molecule has 1 aliphatic heterocycles. The Morgan fingerprint density at radius 3 is 3.15 bits per heavy atom. The van der Waals surface area contributed by atoms with E-state index < -0.39 is 6.10 Å². The van der Waals surface area contributed by atoms with Crippen molar-refractivity contribution in [2.45, 2.75) is 19.1 Å². The van der Waals surface area contributed by atoms with Crippen LogP contribution in [0.5, 0.6) is 5.75 Å². The Bertz CT molecular complexity index is 469. The molecule has 0 radical (unpaired) electrons. The molecule has 2 unspecified atom stereocenters. The second-order valence-electron chi connectivity index (χ2n) is 4.73. The van der Waals surface area contributed by atoms with E-state index in [4.69, 9.17) is 26.8 Å². The van der Waals surface area contributed by atoms with Gasteiger partial charge >= 0.3 is 0 Å². The normalized spacial score (nSPS) is 20.6. The number of morpholine rings is 1. The highest BCUT2D eigenvalue weighted by atomic mass is 35.5. The van der Waals surface area contributed by atoms with Crippen LogP contribution in [0.25, 0.3) is 0 Å². The van der Waals surface area contributed by atoms with E-state index in [0.29, 0.717) is 37.0 Å². The zero-order valence-corrected chi connectivity index (χ0v) is 12.2. The molecule has 0 saturated carbocycles. The summed E-state index contributed by atoms with van der Waals surface area (Å²) in [5, 5.41) is 0.580. The predicted octanol–water partition coefficient (Wildman–Crippen LogP) is 1.29. The SMILES string of the molecule is CC(Oc1cccc(Cl)c1)C(=O)N1CCOC(CN)C1. The molecule has 1 amide bonds. The summed E-state index contributed by atoms with van der Waals surface area (Å²) in [5.41, 5.74) is 5.57. The number of hydrogen-bond acceptors (Lipinski definition) is 4. The van der Waals surface area contributed by atoms with Gasteiger partial charge in [0.1, 0.15) is 5.75 Å². The molecule has 0 aromatic heterocycles. The molecule has 0 spiro atoms. The van der Waals surface area contributed by atoms with Crippen LogP contribution in [0.1, 0.15) is 6.92 Å². The van der Waals surface area contributed by atoms with Crippen molar-refractivity contribution in [3.8, 4) is 5.75 Å². The van der Waals surface area contributed by atoms with Gasteiger partial charge in [0, 0.05) is 24.7 Å². The summed E-state index contributed by atoms with van der Waals surface area (Å²) >= 11 is 5.89. The Balaban J connectivity index is 1.94. The average Bonchev–Trinajstić information content (AvgIpc) is 2.46. The molecule has 0 bridgehead atoms. The summed E-state index contributed by atoms with van der Waals surface area (Å²) < 4.78 is 11.1. The van der Waals surface area contributed by atoms with Gasteiger partial charge in [-0.1, -0.05) is 17.7 Å². The van der Waals surface area contributed by atoms with E-state index in [-0.39, 0.29) is 12.0 Å². The van der Waals surface area contributed by atoms with Gasteiger partial charge < -0.3 is 20.1 Å². The largest absolute Gasteiger partial charge is 0.481 e. The molecule has 6 heteroatoms. The number of rotatable bonds is 4. The van der Waals surface area contributed by atoms with Gasteiger partial charge in [0.25, 0.3) is 5.91 Å². The predicted molar refractivity (Wildman–Crippen MR) is 76.9 cm³/mol. The van der Waals surface area contributed by atoms with Gasteiger partial charge in [-0.15, -0.1) is 0 Å². The van der Waals surface area contributed by atoms with Crippen LogP contribution < -0.4 is 10.5 Å². The highest BCUT2D eigenvalue weighted by Gasteiger charge is 2.27. The minimum Gasteiger partial charge on any atom is -0.481 e. The van der Waals surface area contributed by atoms with Crippen molar-refractivity contribution in [3.05, 3.63) is 29.3 Å². The lowest BCUT2D eigenvalue weighted by atomic mass is 10.2. The van der Waals surface area contributed by atoms with Crippen molar-refractivity contribution < 1.29 is 14.3 Å². The minimum absolute atomic E-state index is 0.0632. The number of nitrogens with zero attached hydrogens (tertiary/aromatic N) is 1. The standard InChI is InChI=1S/C14H19ClN2O3/c1-10(20-12-4-2-3-11(15)7-12)14(18)17-5-6-19-13(8-16)9-17/h2-4,7,10,13H,5-6,8-9,16H2,1H3. The topological polar surface area (TPSA) is 64.8 Å². The maximum Gasteiger partial charge on any atom is 0.263 e. The zero-order chi connectivity index (χ0) is 14.5. The number of hydrogen-bond donors (Lipinski definition) is 1. The zero-order valence-electron chi connectivity index (χ0n) is 11.4. The van der Waals surface area contributed by atoms with Gasteiger partial charge in [0.05, 0.1) is 12.7 Å². The van der Waals surface area contributed by atoms with E-state index >= 15 is 0 Å². The molecular formula is C14H19ClN2O3. The van der Waals surface area contributed by atoms with Gasteiger partial charge in [-0.25, -0.2) is 0 Å². The van der Waals surface area contributed by atoms with Crippen LogP contribution in [0, 0.1) is 0 Å². The number of ether oxygens (including phenoxy) is 2. The van der Waals surface area contributed by atoms with E-state index in [0.717, 1.165) is 0 Å². The molecule has 5 nitrogen and oxygen atoms in total. The molecule has 1 saturated heterocycles. The maximum absolute atomic E-state index is 12.3. The molecule has 0 aliphatic carbocycles. The van der Waals surface area contributed by atoms with Crippen LogP contribution in [0.2, 0.25) is 5.02 Å². The third-order valence-electron chi connectivity index (χ3n) is 3.17. The van der Waals surface area contributed by atoms with Crippen molar-refractivity contribution in [1.82, 2.24) is 4.90 Å². The lowest BCUT2D eigenvalue weighted by Gasteiger charge is -2.33. The van der Waals surface area contributed by atoms with Gasteiger partial charge in [-0.05, 0) is 25.1 Å². The lowest BCUT2D eigenvalue weighted by molar-refractivity contribution is -0.145. The first-order valence-electron chi connectivity index (χ1n) is 6.63. The first-order valence-corrected chi connectivity index (χ1v) is 7.00. The average molecular weight is 299 g/mol. The number of carbonyl (C=O) groups excluding carboxylic acids is 1. The van der Waals surface area contributed by atoms with Crippen LogP contribution in [-0.4, -0.2) is 49.3 Å². The highest BCUT2D eigenvalue weighted by molar-refractivity contribution is 6.30. The van der Waals surface area contributed by atoms with Crippen LogP contribution in [0.15, 0.2) is 24.3 Å². The molecule has 2 rings (SSSR count). The third-order valence-corrected chi connectivity index (χ3v) is 3.41. The van der Waals surface area contributed by atoms with E-state index in [1.165, 1.54) is 0 Å². The van der Waals surface area contributed by atoms with E-state index in [9.17, 15) is 4.79 Å². The highest BCUT2D eigenvalue weighted by Crippen LogP contribution is 2.19. The molecule has 110 valence electrons. The van der Waals surface area contributed by atoms with E-state index in [1.807, 2.05) is 0 Å². The Kier molecular flexibility index (Phi) is 5.23. The molecule has 1 fully saturated rings. The van der Waals surface area contributed by atoms with Crippen LogP contribution in [0.4, 0.5) is 0 Å². The molecule has 1 aromatic carbocycles. The van der Waals surface area contributed by atoms with Gasteiger partial charge in [0.2, 0.25) is 0 Å².